The fourth-order valence-corrected chi connectivity index (χ4v) is 1.56. The van der Waals surface area contributed by atoms with Crippen LogP contribution in [0, 0.1) is 0 Å². The zero-order valence-corrected chi connectivity index (χ0v) is 11.8. The maximum Gasteiger partial charge on any atom is 0.257 e. The van der Waals surface area contributed by atoms with Gasteiger partial charge in [0.1, 0.15) is 0 Å². The summed E-state index contributed by atoms with van der Waals surface area (Å²) in [6.07, 6.45) is 0. The molecule has 106 valence electrons. The fourth-order valence-electron chi connectivity index (χ4n) is 1.56. The Morgan fingerprint density at radius 3 is 2.60 bits per heavy atom. The lowest BCUT2D eigenvalue weighted by Crippen LogP contribution is -2.49. The molecule has 0 aliphatic heterocycles. The van der Waals surface area contributed by atoms with Gasteiger partial charge in [0.2, 0.25) is 5.91 Å². The Labute approximate surface area is 117 Å². The number of amides is 1. The number of rotatable bonds is 4. The Morgan fingerprint density at radius 2 is 2.00 bits per heavy atom. The second kappa shape index (κ2) is 5.42. The molecule has 1 atom stereocenters. The molecule has 2 aromatic rings. The van der Waals surface area contributed by atoms with Gasteiger partial charge >= 0.3 is 0 Å². The molecule has 0 aliphatic carbocycles. The van der Waals surface area contributed by atoms with Crippen molar-refractivity contribution in [3.05, 3.63) is 36.2 Å². The topological polar surface area (TPSA) is 94.0 Å². The Hall–Kier alpha value is -2.21. The standard InChI is InChI=1S/C14H18N4O2/c1-9(16-13(19)14(2,3)15)11-17-12(20-18-11)10-7-5-4-6-8-10/h4-9H,15H2,1-3H3,(H,16,19). The summed E-state index contributed by atoms with van der Waals surface area (Å²) in [4.78, 5) is 16.1. The first kappa shape index (κ1) is 14.2. The van der Waals surface area contributed by atoms with E-state index in [0.717, 1.165) is 5.56 Å². The first-order valence-corrected chi connectivity index (χ1v) is 6.37. The highest BCUT2D eigenvalue weighted by Crippen LogP contribution is 2.18. The highest BCUT2D eigenvalue weighted by Gasteiger charge is 2.25. The maximum absolute atomic E-state index is 11.8. The van der Waals surface area contributed by atoms with Crippen LogP contribution in [-0.4, -0.2) is 21.6 Å². The molecular weight excluding hydrogens is 256 g/mol. The predicted molar refractivity (Wildman–Crippen MR) is 74.6 cm³/mol. The van der Waals surface area contributed by atoms with Crippen LogP contribution >= 0.6 is 0 Å². The predicted octanol–water partition coefficient (Wildman–Crippen LogP) is 1.65. The minimum Gasteiger partial charge on any atom is -0.345 e. The minimum absolute atomic E-state index is 0.268. The van der Waals surface area contributed by atoms with Crippen molar-refractivity contribution < 1.29 is 9.32 Å². The van der Waals surface area contributed by atoms with Crippen LogP contribution in [0.1, 0.15) is 32.6 Å². The molecule has 0 aliphatic rings. The molecule has 0 fully saturated rings. The van der Waals surface area contributed by atoms with E-state index in [-0.39, 0.29) is 11.9 Å². The molecule has 20 heavy (non-hydrogen) atoms. The Bertz CT molecular complexity index is 587. The molecule has 2 rings (SSSR count). The van der Waals surface area contributed by atoms with E-state index in [4.69, 9.17) is 10.3 Å². The van der Waals surface area contributed by atoms with Gasteiger partial charge in [-0.25, -0.2) is 0 Å². The van der Waals surface area contributed by atoms with Gasteiger partial charge in [-0.1, -0.05) is 23.4 Å². The van der Waals surface area contributed by atoms with E-state index in [9.17, 15) is 4.79 Å². The second-order valence-corrected chi connectivity index (χ2v) is 5.24. The molecule has 1 aromatic heterocycles. The second-order valence-electron chi connectivity index (χ2n) is 5.24. The third kappa shape index (κ3) is 3.21. The number of carbonyl (C=O) groups is 1. The number of aromatic nitrogens is 2. The summed E-state index contributed by atoms with van der Waals surface area (Å²) in [5.74, 6) is 0.575. The molecule has 1 heterocycles. The lowest BCUT2D eigenvalue weighted by atomic mass is 10.1. The molecule has 0 radical (unpaired) electrons. The van der Waals surface area contributed by atoms with Crippen LogP contribution in [0.25, 0.3) is 11.5 Å². The van der Waals surface area contributed by atoms with Gasteiger partial charge in [0.05, 0.1) is 11.6 Å². The number of carbonyl (C=O) groups excluding carboxylic acids is 1. The van der Waals surface area contributed by atoms with E-state index in [1.165, 1.54) is 0 Å². The van der Waals surface area contributed by atoms with Crippen LogP contribution in [0.15, 0.2) is 34.9 Å². The van der Waals surface area contributed by atoms with Crippen molar-refractivity contribution >= 4 is 5.91 Å². The lowest BCUT2D eigenvalue weighted by Gasteiger charge is -2.20. The lowest BCUT2D eigenvalue weighted by molar-refractivity contribution is -0.125. The van der Waals surface area contributed by atoms with Crippen LogP contribution < -0.4 is 11.1 Å². The van der Waals surface area contributed by atoms with Gasteiger partial charge in [-0.2, -0.15) is 4.98 Å². The molecular formula is C14H18N4O2. The number of hydrogen-bond donors (Lipinski definition) is 2. The average molecular weight is 274 g/mol. The quantitative estimate of drug-likeness (QED) is 0.884. The van der Waals surface area contributed by atoms with Gasteiger partial charge in [0, 0.05) is 5.56 Å². The number of nitrogens with zero attached hydrogens (tertiary/aromatic N) is 2. The molecule has 6 heteroatoms. The molecule has 3 N–H and O–H groups in total. The summed E-state index contributed by atoms with van der Waals surface area (Å²) in [5, 5.41) is 6.64. The van der Waals surface area contributed by atoms with Crippen molar-refractivity contribution in [1.82, 2.24) is 15.5 Å². The zero-order valence-electron chi connectivity index (χ0n) is 11.8. The molecule has 0 saturated heterocycles. The molecule has 1 unspecified atom stereocenters. The van der Waals surface area contributed by atoms with Crippen molar-refractivity contribution in [1.29, 1.82) is 0 Å². The summed E-state index contributed by atoms with van der Waals surface area (Å²) >= 11 is 0. The maximum atomic E-state index is 11.8. The third-order valence-electron chi connectivity index (χ3n) is 2.78. The molecule has 1 amide bonds. The van der Waals surface area contributed by atoms with Crippen LogP contribution in [0.4, 0.5) is 0 Å². The number of nitrogens with one attached hydrogen (secondary N) is 1. The Kier molecular flexibility index (Phi) is 3.85. The normalized spacial score (nSPS) is 13.0. The van der Waals surface area contributed by atoms with Crippen molar-refractivity contribution in [2.75, 3.05) is 0 Å². The summed E-state index contributed by atoms with van der Waals surface area (Å²) in [7, 11) is 0. The summed E-state index contributed by atoms with van der Waals surface area (Å²) in [5.41, 5.74) is 5.62. The number of nitrogens with two attached hydrogens (primary N) is 1. The molecule has 0 spiro atoms. The van der Waals surface area contributed by atoms with Crippen LogP contribution in [0.3, 0.4) is 0 Å². The van der Waals surface area contributed by atoms with E-state index < -0.39 is 5.54 Å². The van der Waals surface area contributed by atoms with E-state index >= 15 is 0 Å². The number of hydrogen-bond acceptors (Lipinski definition) is 5. The van der Waals surface area contributed by atoms with E-state index in [1.54, 1.807) is 20.8 Å². The average Bonchev–Trinajstić information content (AvgIpc) is 2.88. The SMILES string of the molecule is CC(NC(=O)C(C)(C)N)c1noc(-c2ccccc2)n1. The minimum atomic E-state index is -0.944. The van der Waals surface area contributed by atoms with E-state index in [2.05, 4.69) is 15.5 Å². The van der Waals surface area contributed by atoms with Crippen LogP contribution in [-0.2, 0) is 4.79 Å². The molecule has 1 aromatic carbocycles. The van der Waals surface area contributed by atoms with Crippen LogP contribution in [0.5, 0.6) is 0 Å². The van der Waals surface area contributed by atoms with Gasteiger partial charge in [0.25, 0.3) is 5.89 Å². The molecule has 0 saturated carbocycles. The smallest absolute Gasteiger partial charge is 0.257 e. The van der Waals surface area contributed by atoms with Crippen molar-refractivity contribution in [3.8, 4) is 11.5 Å². The highest BCUT2D eigenvalue weighted by molar-refractivity contribution is 5.85. The van der Waals surface area contributed by atoms with Gasteiger partial charge in [-0.05, 0) is 32.9 Å². The van der Waals surface area contributed by atoms with Crippen LogP contribution in [0.2, 0.25) is 0 Å². The Morgan fingerprint density at radius 1 is 1.35 bits per heavy atom. The van der Waals surface area contributed by atoms with Gasteiger partial charge in [0.15, 0.2) is 5.82 Å². The number of benzene rings is 1. The van der Waals surface area contributed by atoms with Crippen molar-refractivity contribution in [3.63, 3.8) is 0 Å². The Balaban J connectivity index is 2.11. The summed E-state index contributed by atoms with van der Waals surface area (Å²) < 4.78 is 5.20. The first-order chi connectivity index (χ1) is 9.38. The summed E-state index contributed by atoms with van der Waals surface area (Å²) in [6, 6.07) is 9.08. The monoisotopic (exact) mass is 274 g/mol. The van der Waals surface area contributed by atoms with Crippen molar-refractivity contribution in [2.45, 2.75) is 32.4 Å². The van der Waals surface area contributed by atoms with Crippen molar-refractivity contribution in [2.24, 2.45) is 5.73 Å². The highest BCUT2D eigenvalue weighted by atomic mass is 16.5. The van der Waals surface area contributed by atoms with E-state index in [1.807, 2.05) is 30.3 Å². The third-order valence-corrected chi connectivity index (χ3v) is 2.78. The zero-order chi connectivity index (χ0) is 14.8. The molecule has 6 nitrogen and oxygen atoms in total. The largest absolute Gasteiger partial charge is 0.345 e. The van der Waals surface area contributed by atoms with Gasteiger partial charge in [-0.3, -0.25) is 4.79 Å². The fraction of sp³-hybridized carbons (Fsp3) is 0.357. The summed E-state index contributed by atoms with van der Waals surface area (Å²) in [6.45, 7) is 5.06. The van der Waals surface area contributed by atoms with Gasteiger partial charge in [-0.15, -0.1) is 0 Å². The molecule has 0 bridgehead atoms. The first-order valence-electron chi connectivity index (χ1n) is 6.37. The van der Waals surface area contributed by atoms with E-state index in [0.29, 0.717) is 11.7 Å². The van der Waals surface area contributed by atoms with Gasteiger partial charge < -0.3 is 15.6 Å².